The highest BCUT2D eigenvalue weighted by Crippen LogP contribution is 2.46. The number of piperidine rings is 1. The van der Waals surface area contributed by atoms with Crippen molar-refractivity contribution in [1.29, 1.82) is 0 Å². The minimum Gasteiger partial charge on any atom is -0.478 e. The number of carbonyl (C=O) groups is 3. The third-order valence-electron chi connectivity index (χ3n) is 6.54. The summed E-state index contributed by atoms with van der Waals surface area (Å²) in [6.45, 7) is 8.11. The van der Waals surface area contributed by atoms with E-state index in [1.54, 1.807) is 30.9 Å². The van der Waals surface area contributed by atoms with Gasteiger partial charge >= 0.3 is 5.97 Å². The van der Waals surface area contributed by atoms with E-state index >= 15 is 0 Å². The van der Waals surface area contributed by atoms with Crippen LogP contribution in [0, 0.1) is 5.41 Å². The number of halogens is 1. The zero-order valence-electron chi connectivity index (χ0n) is 19.9. The van der Waals surface area contributed by atoms with E-state index < -0.39 is 28.4 Å². The van der Waals surface area contributed by atoms with E-state index in [1.165, 1.54) is 24.3 Å². The molecule has 3 N–H and O–H groups in total. The van der Waals surface area contributed by atoms with Gasteiger partial charge in [-0.05, 0) is 56.2 Å². The highest BCUT2D eigenvalue weighted by molar-refractivity contribution is 6.30. The number of rotatable bonds is 6. The first-order chi connectivity index (χ1) is 15.7. The van der Waals surface area contributed by atoms with Gasteiger partial charge in [0, 0.05) is 41.1 Å². The van der Waals surface area contributed by atoms with Crippen molar-refractivity contribution in [3.8, 4) is 0 Å². The lowest BCUT2D eigenvalue weighted by Crippen LogP contribution is -2.58. The molecule has 2 amide bonds. The van der Waals surface area contributed by atoms with Crippen LogP contribution in [0.3, 0.4) is 0 Å². The first kappa shape index (κ1) is 25.7. The normalized spacial score (nSPS) is 20.0. The predicted molar refractivity (Wildman–Crippen MR) is 130 cm³/mol. The van der Waals surface area contributed by atoms with Gasteiger partial charge in [-0.25, -0.2) is 4.79 Å². The molecule has 182 valence electrons. The second kappa shape index (κ2) is 9.39. The molecule has 0 radical (unpaired) electrons. The largest absolute Gasteiger partial charge is 0.478 e. The number of aromatic carboxylic acids is 1. The van der Waals surface area contributed by atoms with Crippen molar-refractivity contribution < 1.29 is 24.6 Å². The van der Waals surface area contributed by atoms with Gasteiger partial charge in [-0.2, -0.15) is 0 Å². The molecule has 1 aliphatic heterocycles. The summed E-state index contributed by atoms with van der Waals surface area (Å²) in [5.74, 6) is -1.69. The number of hydrogen-bond donors (Lipinski definition) is 3. The molecule has 0 unspecified atom stereocenters. The van der Waals surface area contributed by atoms with Crippen LogP contribution in [-0.4, -0.2) is 51.5 Å². The van der Waals surface area contributed by atoms with E-state index in [-0.39, 0.29) is 23.5 Å². The summed E-state index contributed by atoms with van der Waals surface area (Å²) < 4.78 is 0. The van der Waals surface area contributed by atoms with Gasteiger partial charge in [0.1, 0.15) is 0 Å². The lowest BCUT2D eigenvalue weighted by atomic mass is 9.66. The van der Waals surface area contributed by atoms with Crippen LogP contribution in [0.15, 0.2) is 48.5 Å². The maximum Gasteiger partial charge on any atom is 0.335 e. The fraction of sp³-hybridized carbons (Fsp3) is 0.423. The highest BCUT2D eigenvalue weighted by atomic mass is 35.5. The van der Waals surface area contributed by atoms with Crippen LogP contribution in [0.25, 0.3) is 0 Å². The Balaban J connectivity index is 1.67. The van der Waals surface area contributed by atoms with Gasteiger partial charge in [0.25, 0.3) is 5.91 Å². The Labute approximate surface area is 204 Å². The molecule has 2 aromatic carbocycles. The van der Waals surface area contributed by atoms with Gasteiger partial charge in [-0.1, -0.05) is 43.6 Å². The maximum absolute atomic E-state index is 13.2. The number of likely N-dealkylation sites (tertiary alicyclic amines) is 1. The van der Waals surface area contributed by atoms with E-state index in [9.17, 15) is 19.5 Å². The summed E-state index contributed by atoms with van der Waals surface area (Å²) in [5.41, 5.74) is -1.57. The quantitative estimate of drug-likeness (QED) is 0.570. The van der Waals surface area contributed by atoms with E-state index in [4.69, 9.17) is 16.7 Å². The second-order valence-corrected chi connectivity index (χ2v) is 10.7. The topological polar surface area (TPSA) is 107 Å². The maximum atomic E-state index is 13.2. The van der Waals surface area contributed by atoms with Crippen molar-refractivity contribution in [2.75, 3.05) is 13.1 Å². The molecule has 1 saturated heterocycles. The zero-order valence-corrected chi connectivity index (χ0v) is 20.6. The average Bonchev–Trinajstić information content (AvgIpc) is 2.75. The predicted octanol–water partition coefficient (Wildman–Crippen LogP) is 4.08. The number of aliphatic hydroxyl groups is 1. The molecule has 0 bridgehead atoms. The van der Waals surface area contributed by atoms with Gasteiger partial charge in [0.2, 0.25) is 5.91 Å². The van der Waals surface area contributed by atoms with Gasteiger partial charge in [-0.15, -0.1) is 0 Å². The third-order valence-corrected chi connectivity index (χ3v) is 6.79. The standard InChI is InChI=1S/C26H31ClN2O5/c1-24(2)16-29(13-12-26(24,34)19-8-10-20(27)11-9-19)21(30)15-25(3,4)28-22(31)17-6-5-7-18(14-17)23(32)33/h5-11,14,34H,12-13,15-16H2,1-4H3,(H,28,31)(H,32,33)/t26-/m0/s1. The monoisotopic (exact) mass is 486 g/mol. The number of nitrogens with zero attached hydrogens (tertiary/aromatic N) is 1. The molecule has 3 rings (SSSR count). The minimum absolute atomic E-state index is 0.0188. The van der Waals surface area contributed by atoms with E-state index in [1.807, 2.05) is 26.0 Å². The molecule has 8 heteroatoms. The molecule has 1 heterocycles. The summed E-state index contributed by atoms with van der Waals surface area (Å²) in [5, 5.41) is 24.1. The molecule has 7 nitrogen and oxygen atoms in total. The summed E-state index contributed by atoms with van der Waals surface area (Å²) in [6, 6.07) is 12.9. The van der Waals surface area contributed by atoms with Crippen molar-refractivity contribution in [2.45, 2.75) is 51.7 Å². The number of carboxylic acid groups (broad SMARTS) is 1. The summed E-state index contributed by atoms with van der Waals surface area (Å²) in [4.78, 5) is 38.7. The van der Waals surface area contributed by atoms with E-state index in [0.29, 0.717) is 24.5 Å². The molecular weight excluding hydrogens is 456 g/mol. The molecule has 34 heavy (non-hydrogen) atoms. The van der Waals surface area contributed by atoms with Crippen LogP contribution in [0.4, 0.5) is 0 Å². The lowest BCUT2D eigenvalue weighted by Gasteiger charge is -2.51. The number of benzene rings is 2. The summed E-state index contributed by atoms with van der Waals surface area (Å²) in [7, 11) is 0. The number of carboxylic acids is 1. The highest BCUT2D eigenvalue weighted by Gasteiger charge is 2.49. The van der Waals surface area contributed by atoms with Gasteiger partial charge in [-0.3, -0.25) is 9.59 Å². The Bertz CT molecular complexity index is 1100. The Morgan fingerprint density at radius 2 is 1.71 bits per heavy atom. The Kier molecular flexibility index (Phi) is 7.10. The van der Waals surface area contributed by atoms with Crippen LogP contribution >= 0.6 is 11.6 Å². The summed E-state index contributed by atoms with van der Waals surface area (Å²) in [6.07, 6.45) is 0.439. The van der Waals surface area contributed by atoms with E-state index in [0.717, 1.165) is 5.56 Å². The molecule has 1 atom stereocenters. The number of carbonyl (C=O) groups excluding carboxylic acids is 2. The molecule has 0 saturated carbocycles. The van der Waals surface area contributed by atoms with Crippen LogP contribution < -0.4 is 5.32 Å². The van der Waals surface area contributed by atoms with Crippen molar-refractivity contribution in [2.24, 2.45) is 5.41 Å². The van der Waals surface area contributed by atoms with Crippen molar-refractivity contribution in [3.05, 3.63) is 70.2 Å². The molecule has 2 aromatic rings. The van der Waals surface area contributed by atoms with Crippen molar-refractivity contribution in [1.82, 2.24) is 10.2 Å². The Morgan fingerprint density at radius 1 is 1.09 bits per heavy atom. The summed E-state index contributed by atoms with van der Waals surface area (Å²) >= 11 is 6.00. The molecule has 1 fully saturated rings. The lowest BCUT2D eigenvalue weighted by molar-refractivity contribution is -0.154. The first-order valence-electron chi connectivity index (χ1n) is 11.2. The molecule has 0 aliphatic carbocycles. The average molecular weight is 487 g/mol. The van der Waals surface area contributed by atoms with Crippen LogP contribution in [0.2, 0.25) is 5.02 Å². The third kappa shape index (κ3) is 5.42. The van der Waals surface area contributed by atoms with Crippen LogP contribution in [0.1, 0.15) is 66.8 Å². The number of hydrogen-bond acceptors (Lipinski definition) is 4. The van der Waals surface area contributed by atoms with Gasteiger partial charge in [0.15, 0.2) is 0 Å². The Hall–Kier alpha value is -2.90. The fourth-order valence-electron chi connectivity index (χ4n) is 4.50. The zero-order chi connectivity index (χ0) is 25.3. The fourth-order valence-corrected chi connectivity index (χ4v) is 4.63. The molecule has 0 spiro atoms. The second-order valence-electron chi connectivity index (χ2n) is 10.2. The molecule has 0 aromatic heterocycles. The van der Waals surface area contributed by atoms with E-state index in [2.05, 4.69) is 5.32 Å². The van der Waals surface area contributed by atoms with Crippen molar-refractivity contribution >= 4 is 29.4 Å². The van der Waals surface area contributed by atoms with Crippen molar-refractivity contribution in [3.63, 3.8) is 0 Å². The van der Waals surface area contributed by atoms with Crippen LogP contribution in [0.5, 0.6) is 0 Å². The smallest absolute Gasteiger partial charge is 0.335 e. The molecule has 1 aliphatic rings. The Morgan fingerprint density at radius 3 is 2.29 bits per heavy atom. The SMILES string of the molecule is CC(C)(CC(=O)N1CC[C@](O)(c2ccc(Cl)cc2)C(C)(C)C1)NC(=O)c1cccc(C(=O)O)c1. The first-order valence-corrected chi connectivity index (χ1v) is 11.5. The van der Waals surface area contributed by atoms with Gasteiger partial charge in [0.05, 0.1) is 11.2 Å². The van der Waals surface area contributed by atoms with Crippen LogP contribution in [-0.2, 0) is 10.4 Å². The number of amides is 2. The minimum atomic E-state index is -1.12. The molecular formula is C26H31ClN2O5. The number of nitrogens with one attached hydrogen (secondary N) is 1. The van der Waals surface area contributed by atoms with Gasteiger partial charge < -0.3 is 20.4 Å².